The number of nitrogens with zero attached hydrogens (tertiary/aromatic N) is 1. The molecule has 0 aromatic heterocycles. The Morgan fingerprint density at radius 1 is 1.24 bits per heavy atom. The van der Waals surface area contributed by atoms with E-state index in [2.05, 4.69) is 10.2 Å². The van der Waals surface area contributed by atoms with E-state index in [1.54, 1.807) is 0 Å². The SMILES string of the molecule is CC[C@@H](c1c(F)cccc1F)N1CCNCC1. The Kier molecular flexibility index (Phi) is 4.07. The third kappa shape index (κ3) is 2.64. The molecular formula is C13H18F2N2. The molecule has 0 spiro atoms. The highest BCUT2D eigenvalue weighted by Gasteiger charge is 2.25. The summed E-state index contributed by atoms with van der Waals surface area (Å²) >= 11 is 0. The summed E-state index contributed by atoms with van der Waals surface area (Å²) < 4.78 is 27.5. The van der Waals surface area contributed by atoms with E-state index in [-0.39, 0.29) is 11.6 Å². The van der Waals surface area contributed by atoms with Crippen LogP contribution in [0.5, 0.6) is 0 Å². The van der Waals surface area contributed by atoms with Gasteiger partial charge < -0.3 is 5.32 Å². The number of hydrogen-bond donors (Lipinski definition) is 1. The zero-order valence-electron chi connectivity index (χ0n) is 10.0. The van der Waals surface area contributed by atoms with Crippen LogP contribution in [0.15, 0.2) is 18.2 Å². The maximum atomic E-state index is 13.8. The largest absolute Gasteiger partial charge is 0.314 e. The lowest BCUT2D eigenvalue weighted by Crippen LogP contribution is -2.45. The lowest BCUT2D eigenvalue weighted by molar-refractivity contribution is 0.163. The summed E-state index contributed by atoms with van der Waals surface area (Å²) in [7, 11) is 0. The fourth-order valence-corrected chi connectivity index (χ4v) is 2.47. The summed E-state index contributed by atoms with van der Waals surface area (Å²) in [5, 5.41) is 3.25. The van der Waals surface area contributed by atoms with Crippen LogP contribution in [0.1, 0.15) is 24.9 Å². The van der Waals surface area contributed by atoms with E-state index in [4.69, 9.17) is 0 Å². The molecule has 0 radical (unpaired) electrons. The van der Waals surface area contributed by atoms with Crippen molar-refractivity contribution in [1.29, 1.82) is 0 Å². The van der Waals surface area contributed by atoms with Crippen LogP contribution in [0.25, 0.3) is 0 Å². The molecule has 1 aliphatic rings. The van der Waals surface area contributed by atoms with Gasteiger partial charge in [-0.05, 0) is 18.6 Å². The van der Waals surface area contributed by atoms with Crippen molar-refractivity contribution in [3.63, 3.8) is 0 Å². The summed E-state index contributed by atoms with van der Waals surface area (Å²) in [5.41, 5.74) is 0.219. The number of piperazine rings is 1. The summed E-state index contributed by atoms with van der Waals surface area (Å²) in [5.74, 6) is -0.870. The van der Waals surface area contributed by atoms with Gasteiger partial charge >= 0.3 is 0 Å². The fourth-order valence-electron chi connectivity index (χ4n) is 2.47. The molecule has 94 valence electrons. The van der Waals surface area contributed by atoms with E-state index in [1.807, 2.05) is 6.92 Å². The Balaban J connectivity index is 2.27. The number of benzene rings is 1. The molecule has 1 saturated heterocycles. The van der Waals surface area contributed by atoms with Gasteiger partial charge in [-0.1, -0.05) is 13.0 Å². The van der Waals surface area contributed by atoms with E-state index < -0.39 is 11.6 Å². The highest BCUT2D eigenvalue weighted by Crippen LogP contribution is 2.28. The Bertz CT molecular complexity index is 355. The predicted molar refractivity (Wildman–Crippen MR) is 63.8 cm³/mol. The number of halogens is 2. The minimum Gasteiger partial charge on any atom is -0.314 e. The Labute approximate surface area is 101 Å². The van der Waals surface area contributed by atoms with Gasteiger partial charge in [-0.15, -0.1) is 0 Å². The lowest BCUT2D eigenvalue weighted by Gasteiger charge is -2.34. The Hall–Kier alpha value is -1.00. The first-order chi connectivity index (χ1) is 8.24. The molecule has 4 heteroatoms. The van der Waals surface area contributed by atoms with Crippen LogP contribution in [-0.4, -0.2) is 31.1 Å². The van der Waals surface area contributed by atoms with Gasteiger partial charge in [0.1, 0.15) is 11.6 Å². The van der Waals surface area contributed by atoms with Crippen molar-refractivity contribution in [3.8, 4) is 0 Å². The Morgan fingerprint density at radius 3 is 2.35 bits per heavy atom. The molecule has 1 atom stereocenters. The zero-order chi connectivity index (χ0) is 12.3. The number of hydrogen-bond acceptors (Lipinski definition) is 2. The monoisotopic (exact) mass is 240 g/mol. The van der Waals surface area contributed by atoms with Gasteiger partial charge in [0.05, 0.1) is 0 Å². The van der Waals surface area contributed by atoms with Crippen molar-refractivity contribution >= 4 is 0 Å². The molecule has 1 aromatic carbocycles. The molecule has 1 N–H and O–H groups in total. The maximum absolute atomic E-state index is 13.8. The standard InChI is InChI=1S/C13H18F2N2/c1-2-12(17-8-6-16-7-9-17)13-10(14)4-3-5-11(13)15/h3-5,12,16H,2,6-9H2,1H3/t12-/m0/s1. The highest BCUT2D eigenvalue weighted by molar-refractivity contribution is 5.23. The lowest BCUT2D eigenvalue weighted by atomic mass is 10.0. The molecule has 17 heavy (non-hydrogen) atoms. The van der Waals surface area contributed by atoms with Crippen LogP contribution < -0.4 is 5.32 Å². The smallest absolute Gasteiger partial charge is 0.130 e. The van der Waals surface area contributed by atoms with Gasteiger partial charge in [0, 0.05) is 37.8 Å². The van der Waals surface area contributed by atoms with Crippen molar-refractivity contribution in [2.75, 3.05) is 26.2 Å². The van der Waals surface area contributed by atoms with Gasteiger partial charge in [0.2, 0.25) is 0 Å². The predicted octanol–water partition coefficient (Wildman–Crippen LogP) is 2.32. The normalized spacial score (nSPS) is 19.2. The molecule has 0 saturated carbocycles. The minimum atomic E-state index is -0.435. The molecule has 2 nitrogen and oxygen atoms in total. The third-order valence-electron chi connectivity index (χ3n) is 3.31. The van der Waals surface area contributed by atoms with E-state index in [0.29, 0.717) is 0 Å². The van der Waals surface area contributed by atoms with Gasteiger partial charge in [-0.25, -0.2) is 8.78 Å². The molecule has 0 unspecified atom stereocenters. The van der Waals surface area contributed by atoms with Crippen molar-refractivity contribution in [1.82, 2.24) is 10.2 Å². The maximum Gasteiger partial charge on any atom is 0.130 e. The number of rotatable bonds is 3. The van der Waals surface area contributed by atoms with Crippen LogP contribution >= 0.6 is 0 Å². The summed E-state index contributed by atoms with van der Waals surface area (Å²) in [4.78, 5) is 2.15. The first-order valence-corrected chi connectivity index (χ1v) is 6.12. The van der Waals surface area contributed by atoms with Crippen LogP contribution in [0.2, 0.25) is 0 Å². The van der Waals surface area contributed by atoms with Crippen molar-refractivity contribution in [2.45, 2.75) is 19.4 Å². The van der Waals surface area contributed by atoms with E-state index in [0.717, 1.165) is 32.6 Å². The molecule has 1 aliphatic heterocycles. The Morgan fingerprint density at radius 2 is 1.82 bits per heavy atom. The van der Waals surface area contributed by atoms with Gasteiger partial charge in [0.15, 0.2) is 0 Å². The van der Waals surface area contributed by atoms with Crippen LogP contribution in [-0.2, 0) is 0 Å². The minimum absolute atomic E-state index is 0.154. The molecule has 0 amide bonds. The van der Waals surface area contributed by atoms with Crippen LogP contribution in [0, 0.1) is 11.6 Å². The zero-order valence-corrected chi connectivity index (χ0v) is 10.0. The van der Waals surface area contributed by atoms with Crippen molar-refractivity contribution in [3.05, 3.63) is 35.4 Å². The van der Waals surface area contributed by atoms with Crippen LogP contribution in [0.4, 0.5) is 8.78 Å². The van der Waals surface area contributed by atoms with Crippen LogP contribution in [0.3, 0.4) is 0 Å². The second-order valence-corrected chi connectivity index (χ2v) is 4.35. The summed E-state index contributed by atoms with van der Waals surface area (Å²) in [6.45, 7) is 5.41. The average molecular weight is 240 g/mol. The van der Waals surface area contributed by atoms with E-state index in [1.165, 1.54) is 18.2 Å². The topological polar surface area (TPSA) is 15.3 Å². The first kappa shape index (κ1) is 12.5. The fraction of sp³-hybridized carbons (Fsp3) is 0.538. The van der Waals surface area contributed by atoms with Gasteiger partial charge in [-0.3, -0.25) is 4.90 Å². The molecule has 0 bridgehead atoms. The van der Waals surface area contributed by atoms with E-state index >= 15 is 0 Å². The van der Waals surface area contributed by atoms with E-state index in [9.17, 15) is 8.78 Å². The second kappa shape index (κ2) is 5.56. The molecule has 1 aromatic rings. The molecule has 0 aliphatic carbocycles. The average Bonchev–Trinajstić information content (AvgIpc) is 2.35. The quantitative estimate of drug-likeness (QED) is 0.872. The first-order valence-electron chi connectivity index (χ1n) is 6.12. The second-order valence-electron chi connectivity index (χ2n) is 4.35. The molecule has 1 fully saturated rings. The van der Waals surface area contributed by atoms with Gasteiger partial charge in [-0.2, -0.15) is 0 Å². The third-order valence-corrected chi connectivity index (χ3v) is 3.31. The molecule has 1 heterocycles. The molecule has 2 rings (SSSR count). The molecular weight excluding hydrogens is 222 g/mol. The van der Waals surface area contributed by atoms with Crippen molar-refractivity contribution in [2.24, 2.45) is 0 Å². The summed E-state index contributed by atoms with van der Waals surface area (Å²) in [6, 6.07) is 3.93. The van der Waals surface area contributed by atoms with Crippen molar-refractivity contribution < 1.29 is 8.78 Å². The highest BCUT2D eigenvalue weighted by atomic mass is 19.1. The van der Waals surface area contributed by atoms with Gasteiger partial charge in [0.25, 0.3) is 0 Å². The summed E-state index contributed by atoms with van der Waals surface area (Å²) in [6.07, 6.45) is 0.720. The number of nitrogens with one attached hydrogen (secondary N) is 1.